The summed E-state index contributed by atoms with van der Waals surface area (Å²) in [4.78, 5) is 11.2. The lowest BCUT2D eigenvalue weighted by Crippen LogP contribution is -2.39. The van der Waals surface area contributed by atoms with Gasteiger partial charge in [0.2, 0.25) is 5.88 Å². The van der Waals surface area contributed by atoms with Crippen LogP contribution in [0.25, 0.3) is 0 Å². The third-order valence-electron chi connectivity index (χ3n) is 3.85. The van der Waals surface area contributed by atoms with Gasteiger partial charge in [-0.05, 0) is 39.5 Å². The first-order valence-corrected chi connectivity index (χ1v) is 7.71. The van der Waals surface area contributed by atoms with Gasteiger partial charge in [-0.1, -0.05) is 0 Å². The van der Waals surface area contributed by atoms with Crippen LogP contribution in [0, 0.1) is 0 Å². The Morgan fingerprint density at radius 3 is 2.95 bits per heavy atom. The van der Waals surface area contributed by atoms with Crippen LogP contribution in [0.5, 0.6) is 5.88 Å². The van der Waals surface area contributed by atoms with E-state index in [1.54, 1.807) is 6.20 Å². The molecule has 1 atom stereocenters. The average molecular weight is 276 g/mol. The molecule has 1 unspecified atom stereocenters. The number of nitrogens with zero attached hydrogens (tertiary/aromatic N) is 3. The van der Waals surface area contributed by atoms with Gasteiger partial charge in [0.1, 0.15) is 0 Å². The van der Waals surface area contributed by atoms with Gasteiger partial charge in [-0.2, -0.15) is 4.98 Å². The second-order valence-corrected chi connectivity index (χ2v) is 6.05. The topological polar surface area (TPSA) is 50.3 Å². The van der Waals surface area contributed by atoms with Gasteiger partial charge in [0, 0.05) is 25.2 Å². The van der Waals surface area contributed by atoms with Crippen molar-refractivity contribution in [2.75, 3.05) is 18.0 Å². The van der Waals surface area contributed by atoms with E-state index >= 15 is 0 Å². The maximum atomic E-state index is 5.64. The van der Waals surface area contributed by atoms with E-state index in [0.717, 1.165) is 24.9 Å². The van der Waals surface area contributed by atoms with Crippen LogP contribution in [0.2, 0.25) is 0 Å². The summed E-state index contributed by atoms with van der Waals surface area (Å²) >= 11 is 0. The molecular weight excluding hydrogens is 252 g/mol. The molecule has 3 rings (SSSR count). The first-order chi connectivity index (χ1) is 9.72. The Balaban J connectivity index is 1.66. The number of nitrogens with one attached hydrogen (secondary N) is 1. The summed E-state index contributed by atoms with van der Waals surface area (Å²) in [5.41, 5.74) is 0. The molecule has 110 valence electrons. The number of rotatable bonds is 6. The van der Waals surface area contributed by atoms with Gasteiger partial charge in [-0.15, -0.1) is 0 Å². The van der Waals surface area contributed by atoms with Crippen LogP contribution in [-0.2, 0) is 0 Å². The molecule has 0 amide bonds. The highest BCUT2D eigenvalue weighted by molar-refractivity contribution is 5.40. The zero-order valence-electron chi connectivity index (χ0n) is 12.4. The Bertz CT molecular complexity index is 447. The molecule has 0 bridgehead atoms. The zero-order chi connectivity index (χ0) is 13.9. The Hall–Kier alpha value is -1.36. The molecule has 1 saturated heterocycles. The van der Waals surface area contributed by atoms with E-state index in [9.17, 15) is 0 Å². The average Bonchev–Trinajstić information content (AvgIpc) is 3.13. The lowest BCUT2D eigenvalue weighted by molar-refractivity contribution is 0.231. The molecule has 2 aliphatic rings. The fraction of sp³-hybridized carbons (Fsp3) is 0.733. The standard InChI is InChI=1S/C15H24N4O/c1-11(2)20-15-10-16-9-14(18-15)19-7-3-4-13(19)8-17-12-5-6-12/h9-13,17H,3-8H2,1-2H3. The van der Waals surface area contributed by atoms with Crippen LogP contribution in [0.4, 0.5) is 5.82 Å². The first-order valence-electron chi connectivity index (χ1n) is 7.71. The molecule has 1 aromatic rings. The van der Waals surface area contributed by atoms with Gasteiger partial charge in [0.15, 0.2) is 5.82 Å². The lowest BCUT2D eigenvalue weighted by atomic mass is 10.2. The van der Waals surface area contributed by atoms with E-state index < -0.39 is 0 Å². The third kappa shape index (κ3) is 3.39. The van der Waals surface area contributed by atoms with Crippen molar-refractivity contribution in [3.63, 3.8) is 0 Å². The Morgan fingerprint density at radius 2 is 2.20 bits per heavy atom. The summed E-state index contributed by atoms with van der Waals surface area (Å²) in [5, 5.41) is 3.62. The molecule has 2 fully saturated rings. The molecule has 0 spiro atoms. The summed E-state index contributed by atoms with van der Waals surface area (Å²) in [6.45, 7) is 6.14. The molecule has 1 aliphatic carbocycles. The second kappa shape index (κ2) is 5.95. The van der Waals surface area contributed by atoms with E-state index in [1.165, 1.54) is 25.7 Å². The van der Waals surface area contributed by atoms with Gasteiger partial charge in [0.25, 0.3) is 0 Å². The smallest absolute Gasteiger partial charge is 0.234 e. The SMILES string of the molecule is CC(C)Oc1cncc(N2CCCC2CNC2CC2)n1. The lowest BCUT2D eigenvalue weighted by Gasteiger charge is -2.26. The van der Waals surface area contributed by atoms with Crippen LogP contribution in [0.3, 0.4) is 0 Å². The highest BCUT2D eigenvalue weighted by Crippen LogP contribution is 2.26. The summed E-state index contributed by atoms with van der Waals surface area (Å²) in [5.74, 6) is 1.57. The van der Waals surface area contributed by atoms with E-state index in [-0.39, 0.29) is 6.10 Å². The number of ether oxygens (including phenoxy) is 1. The Morgan fingerprint density at radius 1 is 1.35 bits per heavy atom. The molecule has 1 N–H and O–H groups in total. The molecule has 1 saturated carbocycles. The second-order valence-electron chi connectivity index (χ2n) is 6.05. The molecule has 1 aromatic heterocycles. The summed E-state index contributed by atoms with van der Waals surface area (Å²) in [6, 6.07) is 1.30. The Labute approximate surface area is 120 Å². The van der Waals surface area contributed by atoms with E-state index in [4.69, 9.17) is 4.74 Å². The summed E-state index contributed by atoms with van der Waals surface area (Å²) in [7, 11) is 0. The van der Waals surface area contributed by atoms with Crippen molar-refractivity contribution < 1.29 is 4.74 Å². The zero-order valence-corrected chi connectivity index (χ0v) is 12.4. The fourth-order valence-electron chi connectivity index (χ4n) is 2.71. The number of aromatic nitrogens is 2. The van der Waals surface area contributed by atoms with Gasteiger partial charge >= 0.3 is 0 Å². The van der Waals surface area contributed by atoms with Gasteiger partial charge < -0.3 is 15.0 Å². The molecule has 0 radical (unpaired) electrons. The fourth-order valence-corrected chi connectivity index (χ4v) is 2.71. The van der Waals surface area contributed by atoms with Crippen molar-refractivity contribution in [3.8, 4) is 5.88 Å². The maximum Gasteiger partial charge on any atom is 0.234 e. The van der Waals surface area contributed by atoms with Crippen molar-refractivity contribution in [2.24, 2.45) is 0 Å². The molecule has 1 aliphatic heterocycles. The van der Waals surface area contributed by atoms with Crippen molar-refractivity contribution in [1.82, 2.24) is 15.3 Å². The summed E-state index contributed by atoms with van der Waals surface area (Å²) < 4.78 is 5.64. The van der Waals surface area contributed by atoms with E-state index in [0.29, 0.717) is 11.9 Å². The minimum absolute atomic E-state index is 0.130. The van der Waals surface area contributed by atoms with E-state index in [2.05, 4.69) is 20.2 Å². The largest absolute Gasteiger partial charge is 0.474 e. The van der Waals surface area contributed by atoms with Crippen molar-refractivity contribution >= 4 is 5.82 Å². The molecule has 0 aromatic carbocycles. The molecule has 20 heavy (non-hydrogen) atoms. The maximum absolute atomic E-state index is 5.64. The highest BCUT2D eigenvalue weighted by atomic mass is 16.5. The van der Waals surface area contributed by atoms with Crippen molar-refractivity contribution in [1.29, 1.82) is 0 Å². The van der Waals surface area contributed by atoms with Crippen LogP contribution in [0.15, 0.2) is 12.4 Å². The molecule has 2 heterocycles. The van der Waals surface area contributed by atoms with Crippen molar-refractivity contribution in [3.05, 3.63) is 12.4 Å². The highest BCUT2D eigenvalue weighted by Gasteiger charge is 2.28. The number of hydrogen-bond acceptors (Lipinski definition) is 5. The predicted molar refractivity (Wildman–Crippen MR) is 79.2 cm³/mol. The number of anilines is 1. The van der Waals surface area contributed by atoms with Crippen LogP contribution >= 0.6 is 0 Å². The minimum atomic E-state index is 0.130. The van der Waals surface area contributed by atoms with Gasteiger partial charge in [-0.25, -0.2) is 0 Å². The summed E-state index contributed by atoms with van der Waals surface area (Å²) in [6.07, 6.45) is 8.81. The Kier molecular flexibility index (Phi) is 4.05. The van der Waals surface area contributed by atoms with Crippen LogP contribution in [0.1, 0.15) is 39.5 Å². The third-order valence-corrected chi connectivity index (χ3v) is 3.85. The minimum Gasteiger partial charge on any atom is -0.474 e. The normalized spacial score (nSPS) is 22.6. The predicted octanol–water partition coefficient (Wildman–Crippen LogP) is 1.98. The molecule has 5 heteroatoms. The van der Waals surface area contributed by atoms with Gasteiger partial charge in [-0.3, -0.25) is 4.98 Å². The van der Waals surface area contributed by atoms with Crippen molar-refractivity contribution in [2.45, 2.75) is 57.7 Å². The monoisotopic (exact) mass is 276 g/mol. The number of hydrogen-bond donors (Lipinski definition) is 1. The van der Waals surface area contributed by atoms with E-state index in [1.807, 2.05) is 20.0 Å². The van der Waals surface area contributed by atoms with Crippen LogP contribution < -0.4 is 15.0 Å². The van der Waals surface area contributed by atoms with Crippen LogP contribution in [-0.4, -0.2) is 41.2 Å². The first kappa shape index (κ1) is 13.6. The van der Waals surface area contributed by atoms with Gasteiger partial charge in [0.05, 0.1) is 18.5 Å². The molecular formula is C15H24N4O. The quantitative estimate of drug-likeness (QED) is 0.861. The molecule has 5 nitrogen and oxygen atoms in total.